The van der Waals surface area contributed by atoms with E-state index in [-0.39, 0.29) is 17.0 Å². The molecule has 2 aliphatic rings. The number of halogens is 3. The van der Waals surface area contributed by atoms with Crippen LogP contribution in [0.15, 0.2) is 24.3 Å². The minimum absolute atomic E-state index is 0.123. The van der Waals surface area contributed by atoms with Gasteiger partial charge in [0.2, 0.25) is 16.0 Å². The van der Waals surface area contributed by atoms with Gasteiger partial charge >= 0.3 is 6.18 Å². The van der Waals surface area contributed by atoms with E-state index in [4.69, 9.17) is 0 Å². The highest BCUT2D eigenvalue weighted by Crippen LogP contribution is 2.35. The van der Waals surface area contributed by atoms with E-state index in [0.717, 1.165) is 60.3 Å². The molecule has 2 fully saturated rings. The molecule has 11 nitrogen and oxygen atoms in total. The van der Waals surface area contributed by atoms with Crippen molar-refractivity contribution in [1.82, 2.24) is 28.6 Å². The second-order valence-electron chi connectivity index (χ2n) is 13.8. The lowest BCUT2D eigenvalue weighted by Gasteiger charge is -2.37. The third-order valence-electron chi connectivity index (χ3n) is 9.92. The van der Waals surface area contributed by atoms with E-state index in [1.54, 1.807) is 11.0 Å². The molecule has 1 N–H and O–H groups in total. The number of hydrogen-bond acceptors (Lipinski definition) is 10. The van der Waals surface area contributed by atoms with Gasteiger partial charge in [0.15, 0.2) is 0 Å². The maximum absolute atomic E-state index is 13.1. The molecule has 5 heterocycles. The summed E-state index contributed by atoms with van der Waals surface area (Å²) in [5.41, 5.74) is 3.99. The number of piperidine rings is 1. The van der Waals surface area contributed by atoms with Crippen molar-refractivity contribution in [2.24, 2.45) is 0 Å². The number of thiophene rings is 1. The van der Waals surface area contributed by atoms with Crippen LogP contribution in [0.1, 0.15) is 41.5 Å². The zero-order chi connectivity index (χ0) is 36.0. The summed E-state index contributed by atoms with van der Waals surface area (Å²) >= 11 is 1.06. The van der Waals surface area contributed by atoms with Gasteiger partial charge in [-0.2, -0.15) is 27.7 Å². The lowest BCUT2D eigenvalue weighted by Crippen LogP contribution is -2.51. The van der Waals surface area contributed by atoms with E-state index >= 15 is 0 Å². The molecule has 2 saturated heterocycles. The molecule has 50 heavy (non-hydrogen) atoms. The van der Waals surface area contributed by atoms with E-state index < -0.39 is 22.6 Å². The number of nitrogens with zero attached hydrogens (tertiary/aromatic N) is 8. The SMILES string of the molecule is Cc1c(CN2CCC(Nc3nc(N(C)C)nc4sc(CC(F)(F)F)cc34)CC2)ccc2c1cc(C#N)n2C[C@H](C)N1CCN(S(C)(=O)=O)CC1. The van der Waals surface area contributed by atoms with Crippen LogP contribution in [0.2, 0.25) is 0 Å². The fourth-order valence-electron chi connectivity index (χ4n) is 7.06. The van der Waals surface area contributed by atoms with Crippen LogP contribution >= 0.6 is 11.3 Å². The third-order valence-corrected chi connectivity index (χ3v) is 12.3. The Kier molecular flexibility index (Phi) is 10.4. The van der Waals surface area contributed by atoms with Crippen molar-refractivity contribution in [2.75, 3.05) is 69.8 Å². The molecule has 1 atom stereocenters. The summed E-state index contributed by atoms with van der Waals surface area (Å²) in [7, 11) is 0.434. The molecule has 0 aliphatic carbocycles. The summed E-state index contributed by atoms with van der Waals surface area (Å²) in [6, 6.07) is 10.4. The monoisotopic (exact) mass is 731 g/mol. The molecular formula is C34H44F3N9O2S2. The van der Waals surface area contributed by atoms with Gasteiger partial charge < -0.3 is 14.8 Å². The number of fused-ring (bicyclic) bond motifs is 2. The molecule has 1 aromatic carbocycles. The average molecular weight is 732 g/mol. The summed E-state index contributed by atoms with van der Waals surface area (Å²) in [5.74, 6) is 1.03. The first kappa shape index (κ1) is 36.3. The highest BCUT2D eigenvalue weighted by Gasteiger charge is 2.30. The van der Waals surface area contributed by atoms with Gasteiger partial charge in [-0.15, -0.1) is 11.3 Å². The second-order valence-corrected chi connectivity index (χ2v) is 16.9. The first-order chi connectivity index (χ1) is 23.6. The van der Waals surface area contributed by atoms with Crippen molar-refractivity contribution < 1.29 is 21.6 Å². The van der Waals surface area contributed by atoms with Gasteiger partial charge in [-0.25, -0.2) is 13.4 Å². The number of piperazine rings is 1. The Morgan fingerprint density at radius 2 is 1.78 bits per heavy atom. The van der Waals surface area contributed by atoms with Crippen molar-refractivity contribution in [3.05, 3.63) is 46.0 Å². The number of alkyl halides is 3. The standard InChI is InChI=1S/C34H44F3N9O2S2/c1-22(44-12-14-45(15-13-44)50(5,47)48)20-46-26(19-38)16-28-23(2)24(6-7-30(28)46)21-43-10-8-25(9-11-43)39-31-29-17-27(18-34(35,36)37)49-32(29)41-33(40-31)42(3)4/h6-7,16-17,22,25H,8-15,18,20-21H2,1-5H3,(H,39,40,41)/t22-/m0/s1. The molecule has 0 spiro atoms. The second kappa shape index (κ2) is 14.3. The molecule has 4 aromatic rings. The Hall–Kier alpha value is -3.49. The molecular weight excluding hydrogens is 688 g/mol. The predicted octanol–water partition coefficient (Wildman–Crippen LogP) is 5.04. The zero-order valence-electron chi connectivity index (χ0n) is 29.1. The molecule has 0 saturated carbocycles. The summed E-state index contributed by atoms with van der Waals surface area (Å²) in [5, 5.41) is 15.3. The topological polar surface area (TPSA) is 114 Å². The van der Waals surface area contributed by atoms with E-state index in [1.807, 2.05) is 20.2 Å². The van der Waals surface area contributed by atoms with Crippen LogP contribution < -0.4 is 10.2 Å². The van der Waals surface area contributed by atoms with E-state index in [0.29, 0.717) is 60.4 Å². The largest absolute Gasteiger partial charge is 0.393 e. The molecule has 6 rings (SSSR count). The number of nitriles is 1. The summed E-state index contributed by atoms with van der Waals surface area (Å²) in [6.07, 6.45) is -2.31. The number of likely N-dealkylation sites (tertiary alicyclic amines) is 1. The summed E-state index contributed by atoms with van der Waals surface area (Å²) < 4.78 is 66.9. The van der Waals surface area contributed by atoms with Crippen molar-refractivity contribution in [2.45, 2.75) is 64.5 Å². The zero-order valence-corrected chi connectivity index (χ0v) is 30.7. The van der Waals surface area contributed by atoms with Crippen LogP contribution in [0.4, 0.5) is 24.9 Å². The van der Waals surface area contributed by atoms with Gasteiger partial charge in [0.1, 0.15) is 22.4 Å². The quantitative estimate of drug-likeness (QED) is 0.240. The lowest BCUT2D eigenvalue weighted by molar-refractivity contribution is -0.126. The van der Waals surface area contributed by atoms with E-state index in [1.165, 1.54) is 16.1 Å². The van der Waals surface area contributed by atoms with Crippen LogP contribution in [-0.2, 0) is 29.5 Å². The molecule has 0 amide bonds. The van der Waals surface area contributed by atoms with Gasteiger partial charge in [0.25, 0.3) is 0 Å². The number of rotatable bonds is 10. The maximum Gasteiger partial charge on any atom is 0.393 e. The van der Waals surface area contributed by atoms with Crippen LogP contribution in [0.5, 0.6) is 0 Å². The number of hydrogen-bond donors (Lipinski definition) is 1. The van der Waals surface area contributed by atoms with Gasteiger partial charge in [-0.1, -0.05) is 6.07 Å². The number of aromatic nitrogens is 3. The van der Waals surface area contributed by atoms with E-state index in [2.05, 4.69) is 61.7 Å². The van der Waals surface area contributed by atoms with Crippen LogP contribution in [-0.4, -0.2) is 115 Å². The fourth-order valence-corrected chi connectivity index (χ4v) is 8.94. The van der Waals surface area contributed by atoms with Gasteiger partial charge in [0.05, 0.1) is 18.1 Å². The minimum Gasteiger partial charge on any atom is -0.367 e. The van der Waals surface area contributed by atoms with Crippen LogP contribution in [0.25, 0.3) is 21.1 Å². The predicted molar refractivity (Wildman–Crippen MR) is 192 cm³/mol. The Bertz CT molecular complexity index is 2000. The van der Waals surface area contributed by atoms with Crippen molar-refractivity contribution in [3.63, 3.8) is 0 Å². The average Bonchev–Trinajstić information content (AvgIpc) is 3.62. The molecule has 0 unspecified atom stereocenters. The summed E-state index contributed by atoms with van der Waals surface area (Å²) in [6.45, 7) is 9.60. The van der Waals surface area contributed by atoms with Crippen LogP contribution in [0.3, 0.4) is 0 Å². The van der Waals surface area contributed by atoms with Gasteiger partial charge in [-0.3, -0.25) is 9.80 Å². The number of sulfonamides is 1. The molecule has 16 heteroatoms. The Balaban J connectivity index is 1.11. The first-order valence-corrected chi connectivity index (χ1v) is 19.5. The fraction of sp³-hybridized carbons (Fsp3) is 0.559. The van der Waals surface area contributed by atoms with Crippen molar-refractivity contribution >= 4 is 54.2 Å². The molecule has 2 aliphatic heterocycles. The summed E-state index contributed by atoms with van der Waals surface area (Å²) in [4.78, 5) is 16.4. The first-order valence-electron chi connectivity index (χ1n) is 16.8. The minimum atomic E-state index is -4.29. The Morgan fingerprint density at radius 1 is 1.08 bits per heavy atom. The number of benzene rings is 1. The smallest absolute Gasteiger partial charge is 0.367 e. The van der Waals surface area contributed by atoms with E-state index in [9.17, 15) is 26.9 Å². The molecule has 0 radical (unpaired) electrons. The van der Waals surface area contributed by atoms with Gasteiger partial charge in [0, 0.05) is 94.3 Å². The number of aryl methyl sites for hydroxylation is 1. The normalized spacial score (nSPS) is 18.1. The van der Waals surface area contributed by atoms with Crippen molar-refractivity contribution in [1.29, 1.82) is 5.26 Å². The van der Waals surface area contributed by atoms with Gasteiger partial charge in [-0.05, 0) is 56.0 Å². The highest BCUT2D eigenvalue weighted by molar-refractivity contribution is 7.88. The Morgan fingerprint density at radius 3 is 2.40 bits per heavy atom. The molecule has 270 valence electrons. The molecule has 3 aromatic heterocycles. The molecule has 0 bridgehead atoms. The lowest BCUT2D eigenvalue weighted by atomic mass is 10.0. The maximum atomic E-state index is 13.1. The highest BCUT2D eigenvalue weighted by atomic mass is 32.2. The third kappa shape index (κ3) is 8.02. The Labute approximate surface area is 295 Å². The number of anilines is 2. The van der Waals surface area contributed by atoms with Crippen molar-refractivity contribution in [3.8, 4) is 6.07 Å². The van der Waals surface area contributed by atoms with Crippen LogP contribution in [0, 0.1) is 18.3 Å². The number of nitrogens with one attached hydrogen (secondary N) is 1.